The van der Waals surface area contributed by atoms with Gasteiger partial charge in [0.1, 0.15) is 19.3 Å². The van der Waals surface area contributed by atoms with Crippen molar-refractivity contribution < 1.29 is 37.3 Å². The van der Waals surface area contributed by atoms with Crippen molar-refractivity contribution in [3.63, 3.8) is 0 Å². The third-order valence-corrected chi connectivity index (χ3v) is 13.6. The van der Waals surface area contributed by atoms with Crippen molar-refractivity contribution >= 4 is 13.8 Å². The second-order valence-electron chi connectivity index (χ2n) is 20.3. The minimum atomic E-state index is -4.52. The van der Waals surface area contributed by atoms with Gasteiger partial charge in [0.25, 0.3) is 7.82 Å². The van der Waals surface area contributed by atoms with E-state index in [9.17, 15) is 14.3 Å². The van der Waals surface area contributed by atoms with Crippen molar-refractivity contribution in [3.8, 4) is 0 Å². The minimum Gasteiger partial charge on any atom is -0.756 e. The molecule has 0 aromatic rings. The molecule has 0 aromatic carbocycles. The second kappa shape index (κ2) is 48.0. The first-order valence-electron chi connectivity index (χ1n) is 27.8. The van der Waals surface area contributed by atoms with E-state index in [4.69, 9.17) is 18.5 Å². The monoisotopic (exact) mass is 916 g/mol. The first kappa shape index (κ1) is 62.5. The molecule has 0 heterocycles. The number of nitrogens with zero attached hydrogens (tertiary/aromatic N) is 1. The maximum absolute atomic E-state index is 12.8. The topological polar surface area (TPSA) is 94.1 Å². The van der Waals surface area contributed by atoms with Gasteiger partial charge in [-0.1, -0.05) is 264 Å². The number of unbranched alkanes of at least 4 members (excludes halogenated alkanes) is 39. The van der Waals surface area contributed by atoms with Crippen LogP contribution < -0.4 is 4.89 Å². The van der Waals surface area contributed by atoms with E-state index >= 15 is 0 Å². The van der Waals surface area contributed by atoms with Crippen molar-refractivity contribution in [1.82, 2.24) is 0 Å². The van der Waals surface area contributed by atoms with Gasteiger partial charge in [-0.15, -0.1) is 0 Å². The van der Waals surface area contributed by atoms with Crippen LogP contribution in [0.2, 0.25) is 0 Å². The highest BCUT2D eigenvalue weighted by atomic mass is 31.2. The first-order valence-corrected chi connectivity index (χ1v) is 29.2. The lowest BCUT2D eigenvalue weighted by Gasteiger charge is -2.28. The molecule has 0 aliphatic carbocycles. The van der Waals surface area contributed by atoms with E-state index < -0.39 is 13.9 Å². The molecule has 0 aliphatic heterocycles. The summed E-state index contributed by atoms with van der Waals surface area (Å²) in [6, 6.07) is 0. The molecule has 1 unspecified atom stereocenters. The van der Waals surface area contributed by atoms with Crippen molar-refractivity contribution in [2.75, 3.05) is 54.1 Å². The van der Waals surface area contributed by atoms with Crippen molar-refractivity contribution in [3.05, 3.63) is 0 Å². The summed E-state index contributed by atoms with van der Waals surface area (Å²) in [4.78, 5) is 25.2. The van der Waals surface area contributed by atoms with Crippen LogP contribution in [0.15, 0.2) is 0 Å². The summed E-state index contributed by atoms with van der Waals surface area (Å²) in [5, 5.41) is 0. The fourth-order valence-electron chi connectivity index (χ4n) is 8.37. The van der Waals surface area contributed by atoms with Gasteiger partial charge in [-0.05, 0) is 12.8 Å². The highest BCUT2D eigenvalue weighted by Crippen LogP contribution is 2.38. The Bertz CT molecular complexity index is 976. The summed E-state index contributed by atoms with van der Waals surface area (Å²) in [6.07, 6.45) is 54.2. The lowest BCUT2D eigenvalue weighted by Crippen LogP contribution is -2.37. The van der Waals surface area contributed by atoms with E-state index in [1.165, 1.54) is 231 Å². The maximum Gasteiger partial charge on any atom is 0.306 e. The number of carbonyl (C=O) groups excluding carboxylic acids is 1. The van der Waals surface area contributed by atoms with Crippen molar-refractivity contribution in [1.29, 1.82) is 0 Å². The lowest BCUT2D eigenvalue weighted by atomic mass is 10.0. The van der Waals surface area contributed by atoms with Crippen LogP contribution >= 0.6 is 7.82 Å². The predicted molar refractivity (Wildman–Crippen MR) is 268 cm³/mol. The van der Waals surface area contributed by atoms with E-state index in [0.717, 1.165) is 32.1 Å². The smallest absolute Gasteiger partial charge is 0.306 e. The Kier molecular flexibility index (Phi) is 47.6. The molecule has 0 bridgehead atoms. The Morgan fingerprint density at radius 2 is 0.730 bits per heavy atom. The molecule has 0 saturated carbocycles. The molecular formula is C54H110NO7P. The molecule has 0 aliphatic rings. The molecule has 2 atom stereocenters. The molecule has 63 heavy (non-hydrogen) atoms. The molecule has 0 amide bonds. The van der Waals surface area contributed by atoms with Crippen LogP contribution in [0.25, 0.3) is 0 Å². The summed E-state index contributed by atoms with van der Waals surface area (Å²) >= 11 is 0. The molecule has 0 saturated heterocycles. The molecule has 0 spiro atoms. The van der Waals surface area contributed by atoms with Gasteiger partial charge in [0.2, 0.25) is 0 Å². The Hall–Kier alpha value is -0.500. The van der Waals surface area contributed by atoms with E-state index in [0.29, 0.717) is 24.1 Å². The van der Waals surface area contributed by atoms with Gasteiger partial charge in [-0.3, -0.25) is 9.36 Å². The fraction of sp³-hybridized carbons (Fsp3) is 0.981. The number of hydrogen-bond acceptors (Lipinski definition) is 7. The molecule has 9 heteroatoms. The zero-order chi connectivity index (χ0) is 46.2. The fourth-order valence-corrected chi connectivity index (χ4v) is 9.10. The SMILES string of the molecule is CCCCCCCCCCCCCCCCCCCCCCCCCC(=O)O[C@H](COCCCCCCCCCCCCCCCCCCCC)COP(=O)([O-])OCC[N+](C)(C)C. The van der Waals surface area contributed by atoms with E-state index in [2.05, 4.69) is 13.8 Å². The zero-order valence-corrected chi connectivity index (χ0v) is 44.0. The summed E-state index contributed by atoms with van der Waals surface area (Å²) in [7, 11) is 1.38. The van der Waals surface area contributed by atoms with E-state index in [-0.39, 0.29) is 25.8 Å². The highest BCUT2D eigenvalue weighted by Gasteiger charge is 2.20. The lowest BCUT2D eigenvalue weighted by molar-refractivity contribution is -0.870. The number of likely N-dealkylation sites (N-methyl/N-ethyl adjacent to an activating group) is 1. The third-order valence-electron chi connectivity index (χ3n) is 12.7. The molecule has 0 radical (unpaired) electrons. The Labute approximate surface area is 393 Å². The highest BCUT2D eigenvalue weighted by molar-refractivity contribution is 7.45. The van der Waals surface area contributed by atoms with Crippen LogP contribution in [0.1, 0.15) is 284 Å². The van der Waals surface area contributed by atoms with Gasteiger partial charge in [0.15, 0.2) is 0 Å². The number of phosphoric acid groups is 1. The molecular weight excluding hydrogens is 806 g/mol. The largest absolute Gasteiger partial charge is 0.756 e. The van der Waals surface area contributed by atoms with Gasteiger partial charge in [0, 0.05) is 13.0 Å². The molecule has 0 fully saturated rings. The number of ether oxygens (including phenoxy) is 2. The maximum atomic E-state index is 12.8. The van der Waals surface area contributed by atoms with Crippen LogP contribution in [0, 0.1) is 0 Å². The second-order valence-corrected chi connectivity index (χ2v) is 21.7. The predicted octanol–water partition coefficient (Wildman–Crippen LogP) is 16.5. The third kappa shape index (κ3) is 52.3. The average molecular weight is 916 g/mol. The number of carbonyl (C=O) groups is 1. The van der Waals surface area contributed by atoms with E-state index in [1.54, 1.807) is 0 Å². The molecule has 378 valence electrons. The molecule has 0 N–H and O–H groups in total. The first-order chi connectivity index (χ1) is 30.6. The molecule has 0 aromatic heterocycles. The standard InChI is InChI=1S/C54H110NO7P/c1-6-8-10-12-14-16-18-20-22-24-26-27-28-29-30-31-33-35-37-39-41-43-45-47-54(56)62-53(52-61-63(57,58)60-50-48-55(3,4)5)51-59-49-46-44-42-40-38-36-34-32-25-23-21-19-17-15-13-11-9-7-2/h53H,6-52H2,1-5H3/t53-/m1/s1. The summed E-state index contributed by atoms with van der Waals surface area (Å²) in [5.74, 6) is -0.324. The number of esters is 1. The number of phosphoric ester groups is 1. The van der Waals surface area contributed by atoms with Gasteiger partial charge >= 0.3 is 5.97 Å². The Morgan fingerprint density at radius 1 is 0.429 bits per heavy atom. The van der Waals surface area contributed by atoms with Gasteiger partial charge in [-0.2, -0.15) is 0 Å². The van der Waals surface area contributed by atoms with E-state index in [1.807, 2.05) is 21.1 Å². The molecule has 8 nitrogen and oxygen atoms in total. The van der Waals surface area contributed by atoms with Crippen molar-refractivity contribution in [2.24, 2.45) is 0 Å². The summed E-state index contributed by atoms with van der Waals surface area (Å²) < 4.78 is 34.8. The normalized spacial score (nSPS) is 13.4. The zero-order valence-electron chi connectivity index (χ0n) is 43.1. The molecule has 0 rings (SSSR count). The number of hydrogen-bond donors (Lipinski definition) is 0. The number of quaternary nitrogens is 1. The summed E-state index contributed by atoms with van der Waals surface area (Å²) in [6.45, 7) is 5.50. The number of rotatable bonds is 53. The van der Waals surface area contributed by atoms with Crippen LogP contribution in [0.4, 0.5) is 0 Å². The van der Waals surface area contributed by atoms with Gasteiger partial charge in [-0.25, -0.2) is 0 Å². The van der Waals surface area contributed by atoms with Crippen molar-refractivity contribution in [2.45, 2.75) is 290 Å². The van der Waals surface area contributed by atoms with Crippen LogP contribution in [-0.2, 0) is 27.9 Å². The Balaban J connectivity index is 4.03. The van der Waals surface area contributed by atoms with Crippen LogP contribution in [0.5, 0.6) is 0 Å². The minimum absolute atomic E-state index is 0.0319. The van der Waals surface area contributed by atoms with Gasteiger partial charge < -0.3 is 27.9 Å². The summed E-state index contributed by atoms with van der Waals surface area (Å²) in [5.41, 5.74) is 0. The van der Waals surface area contributed by atoms with Crippen LogP contribution in [0.3, 0.4) is 0 Å². The Morgan fingerprint density at radius 3 is 1.05 bits per heavy atom. The average Bonchev–Trinajstić information content (AvgIpc) is 3.24. The van der Waals surface area contributed by atoms with Crippen LogP contribution in [-0.4, -0.2) is 70.7 Å². The quantitative estimate of drug-likeness (QED) is 0.0260. The van der Waals surface area contributed by atoms with Gasteiger partial charge in [0.05, 0.1) is 34.4 Å².